The molecule has 2 N–H and O–H groups in total. The van der Waals surface area contributed by atoms with E-state index in [1.807, 2.05) is 48.5 Å². The summed E-state index contributed by atoms with van der Waals surface area (Å²) in [4.78, 5) is 15.3. The molecule has 1 saturated carbocycles. The zero-order valence-electron chi connectivity index (χ0n) is 20.4. The van der Waals surface area contributed by atoms with E-state index in [0.29, 0.717) is 18.0 Å². The number of carbonyl (C=O) groups is 1. The molecule has 7 nitrogen and oxygen atoms in total. The molecule has 184 valence electrons. The van der Waals surface area contributed by atoms with Crippen LogP contribution in [0.3, 0.4) is 0 Å². The highest BCUT2D eigenvalue weighted by Gasteiger charge is 2.39. The van der Waals surface area contributed by atoms with Crippen molar-refractivity contribution in [3.63, 3.8) is 0 Å². The van der Waals surface area contributed by atoms with Crippen molar-refractivity contribution in [2.24, 2.45) is 0 Å². The average molecular weight is 476 g/mol. The van der Waals surface area contributed by atoms with E-state index < -0.39 is 0 Å². The smallest absolute Gasteiger partial charge is 0.323 e. The Labute approximate surface area is 206 Å². The van der Waals surface area contributed by atoms with Crippen LogP contribution in [0.4, 0.5) is 16.2 Å². The molecular weight excluding hydrogens is 442 g/mol. The molecule has 5 rings (SSSR count). The summed E-state index contributed by atoms with van der Waals surface area (Å²) >= 11 is 0. The van der Waals surface area contributed by atoms with Gasteiger partial charge >= 0.3 is 6.03 Å². The quantitative estimate of drug-likeness (QED) is 0.465. The van der Waals surface area contributed by atoms with Crippen LogP contribution in [0.1, 0.15) is 25.3 Å². The van der Waals surface area contributed by atoms with E-state index in [2.05, 4.69) is 28.5 Å². The van der Waals surface area contributed by atoms with Gasteiger partial charge in [0.25, 0.3) is 0 Å². The number of nitrogens with zero attached hydrogens (tertiary/aromatic N) is 1. The maximum Gasteiger partial charge on any atom is 0.323 e. The van der Waals surface area contributed by atoms with Crippen molar-refractivity contribution < 1.29 is 19.0 Å². The van der Waals surface area contributed by atoms with Gasteiger partial charge in [0.15, 0.2) is 0 Å². The second-order valence-electron chi connectivity index (χ2n) is 9.51. The number of hydrogen-bond donors (Lipinski definition) is 2. The summed E-state index contributed by atoms with van der Waals surface area (Å²) in [5.41, 5.74) is 2.82. The number of amides is 2. The third kappa shape index (κ3) is 5.36. The van der Waals surface area contributed by atoms with Gasteiger partial charge in [-0.25, -0.2) is 4.79 Å². The van der Waals surface area contributed by atoms with E-state index in [1.54, 1.807) is 7.11 Å². The number of nitrogens with one attached hydrogen (secondary N) is 2. The van der Waals surface area contributed by atoms with Crippen molar-refractivity contribution in [2.45, 2.75) is 25.2 Å². The number of fused-ring (bicyclic) bond motifs is 1. The molecular formula is C28H33N3O4. The minimum absolute atomic E-state index is 0.201. The molecule has 0 bridgehead atoms. The molecule has 1 saturated heterocycles. The molecule has 0 radical (unpaired) electrons. The fourth-order valence-corrected chi connectivity index (χ4v) is 4.55. The molecule has 1 aliphatic heterocycles. The molecule has 0 spiro atoms. The molecule has 3 aromatic rings. The fraction of sp³-hybridized carbons (Fsp3) is 0.393. The van der Waals surface area contributed by atoms with Gasteiger partial charge in [0.05, 0.1) is 31.7 Å². The van der Waals surface area contributed by atoms with Crippen LogP contribution in [0.2, 0.25) is 0 Å². The zero-order valence-corrected chi connectivity index (χ0v) is 20.4. The maximum atomic E-state index is 13.0. The number of methoxy groups -OCH3 is 1. The highest BCUT2D eigenvalue weighted by molar-refractivity contribution is 6.08. The third-order valence-electron chi connectivity index (χ3n) is 7.05. The molecule has 0 unspecified atom stereocenters. The summed E-state index contributed by atoms with van der Waals surface area (Å²) in [5, 5.41) is 7.88. The lowest BCUT2D eigenvalue weighted by atomic mass is 9.97. The Morgan fingerprint density at radius 1 is 0.971 bits per heavy atom. The standard InChI is InChI=1S/C28H33N3O4/c1-28(11-12-28)20-7-9-26(33-2)24(19-20)30-27(32)29-23-8-10-25(22-6-4-3-5-21(22)23)35-18-15-31-13-16-34-17-14-31/h3-10,19H,11-18H2,1-2H3,(H2,29,30,32). The van der Waals surface area contributed by atoms with Crippen molar-refractivity contribution in [3.05, 3.63) is 60.2 Å². The Balaban J connectivity index is 1.29. The van der Waals surface area contributed by atoms with Crippen molar-refractivity contribution in [1.82, 2.24) is 4.90 Å². The summed E-state index contributed by atoms with van der Waals surface area (Å²) in [7, 11) is 1.61. The van der Waals surface area contributed by atoms with Gasteiger partial charge in [0, 0.05) is 30.4 Å². The molecule has 2 amide bonds. The number of urea groups is 1. The zero-order chi connectivity index (χ0) is 24.3. The van der Waals surface area contributed by atoms with E-state index in [1.165, 1.54) is 5.56 Å². The molecule has 0 atom stereocenters. The van der Waals surface area contributed by atoms with Gasteiger partial charge in [-0.3, -0.25) is 4.90 Å². The van der Waals surface area contributed by atoms with Crippen LogP contribution in [0, 0.1) is 0 Å². The van der Waals surface area contributed by atoms with Crippen LogP contribution in [0.5, 0.6) is 11.5 Å². The van der Waals surface area contributed by atoms with Crippen LogP contribution in [-0.4, -0.2) is 57.5 Å². The Kier molecular flexibility index (Phi) is 6.79. The summed E-state index contributed by atoms with van der Waals surface area (Å²) in [6, 6.07) is 17.5. The molecule has 0 aromatic heterocycles. The van der Waals surface area contributed by atoms with Crippen molar-refractivity contribution in [1.29, 1.82) is 0 Å². The van der Waals surface area contributed by atoms with Crippen LogP contribution in [0.15, 0.2) is 54.6 Å². The molecule has 7 heteroatoms. The Hall–Kier alpha value is -3.29. The Morgan fingerprint density at radius 3 is 2.43 bits per heavy atom. The van der Waals surface area contributed by atoms with Crippen molar-refractivity contribution in [3.8, 4) is 11.5 Å². The van der Waals surface area contributed by atoms with Gasteiger partial charge in [0.2, 0.25) is 0 Å². The summed E-state index contributed by atoms with van der Waals surface area (Å²) in [5.74, 6) is 1.45. The predicted molar refractivity (Wildman–Crippen MR) is 139 cm³/mol. The number of hydrogen-bond acceptors (Lipinski definition) is 5. The van der Waals surface area contributed by atoms with Crippen LogP contribution >= 0.6 is 0 Å². The summed E-state index contributed by atoms with van der Waals surface area (Å²) in [6.07, 6.45) is 2.33. The van der Waals surface area contributed by atoms with Crippen LogP contribution in [-0.2, 0) is 10.2 Å². The second-order valence-corrected chi connectivity index (χ2v) is 9.51. The number of carbonyl (C=O) groups excluding carboxylic acids is 1. The minimum atomic E-state index is -0.312. The first kappa shape index (κ1) is 23.5. The normalized spacial score (nSPS) is 17.1. The van der Waals surface area contributed by atoms with Crippen LogP contribution in [0.25, 0.3) is 10.8 Å². The number of morpholine rings is 1. The number of ether oxygens (including phenoxy) is 3. The lowest BCUT2D eigenvalue weighted by Crippen LogP contribution is -2.38. The first-order chi connectivity index (χ1) is 17.1. The van der Waals surface area contributed by atoms with E-state index in [9.17, 15) is 4.79 Å². The van der Waals surface area contributed by atoms with Gasteiger partial charge in [-0.2, -0.15) is 0 Å². The maximum absolute atomic E-state index is 13.0. The van der Waals surface area contributed by atoms with Gasteiger partial charge in [0.1, 0.15) is 18.1 Å². The lowest BCUT2D eigenvalue weighted by molar-refractivity contribution is 0.0323. The van der Waals surface area contributed by atoms with Gasteiger partial charge in [-0.05, 0) is 48.1 Å². The molecule has 1 heterocycles. The van der Waals surface area contributed by atoms with Crippen molar-refractivity contribution >= 4 is 28.2 Å². The largest absolute Gasteiger partial charge is 0.495 e. The summed E-state index contributed by atoms with van der Waals surface area (Å²) < 4.78 is 17.0. The second kappa shape index (κ2) is 10.1. The van der Waals surface area contributed by atoms with E-state index >= 15 is 0 Å². The third-order valence-corrected chi connectivity index (χ3v) is 7.05. The SMILES string of the molecule is COc1ccc(C2(C)CC2)cc1NC(=O)Nc1ccc(OCCN2CCOCC2)c2ccccc12. The van der Waals surface area contributed by atoms with Gasteiger partial charge < -0.3 is 24.8 Å². The first-order valence-corrected chi connectivity index (χ1v) is 12.3. The summed E-state index contributed by atoms with van der Waals surface area (Å²) in [6.45, 7) is 7.15. The molecule has 2 fully saturated rings. The lowest BCUT2D eigenvalue weighted by Gasteiger charge is -2.26. The molecule has 2 aliphatic rings. The highest BCUT2D eigenvalue weighted by Crippen LogP contribution is 2.49. The van der Waals surface area contributed by atoms with Crippen LogP contribution < -0.4 is 20.1 Å². The monoisotopic (exact) mass is 475 g/mol. The Bertz CT molecular complexity index is 1200. The van der Waals surface area contributed by atoms with Crippen molar-refractivity contribution in [2.75, 3.05) is 57.2 Å². The predicted octanol–water partition coefficient (Wildman–Crippen LogP) is 5.25. The molecule has 1 aliphatic carbocycles. The van der Waals surface area contributed by atoms with Gasteiger partial charge in [-0.15, -0.1) is 0 Å². The minimum Gasteiger partial charge on any atom is -0.495 e. The van der Waals surface area contributed by atoms with E-state index in [0.717, 1.165) is 67.9 Å². The molecule has 35 heavy (non-hydrogen) atoms. The first-order valence-electron chi connectivity index (χ1n) is 12.3. The topological polar surface area (TPSA) is 72.1 Å². The average Bonchev–Trinajstić information content (AvgIpc) is 3.64. The Morgan fingerprint density at radius 2 is 1.69 bits per heavy atom. The number of rotatable bonds is 8. The highest BCUT2D eigenvalue weighted by atomic mass is 16.5. The van der Waals surface area contributed by atoms with E-state index in [-0.39, 0.29) is 11.4 Å². The van der Waals surface area contributed by atoms with E-state index in [4.69, 9.17) is 14.2 Å². The number of anilines is 2. The number of benzene rings is 3. The van der Waals surface area contributed by atoms with Gasteiger partial charge in [-0.1, -0.05) is 37.3 Å². The fourth-order valence-electron chi connectivity index (χ4n) is 4.55. The molecule has 3 aromatic carbocycles.